The van der Waals surface area contributed by atoms with E-state index in [0.29, 0.717) is 11.2 Å². The van der Waals surface area contributed by atoms with E-state index in [1.807, 2.05) is 0 Å². The van der Waals surface area contributed by atoms with Crippen molar-refractivity contribution in [3.05, 3.63) is 137 Å². The van der Waals surface area contributed by atoms with Crippen LogP contribution in [0.4, 0.5) is 0 Å². The molecule has 0 N–H and O–H groups in total. The molecule has 0 spiro atoms. The predicted molar refractivity (Wildman–Crippen MR) is 194 cm³/mol. The van der Waals surface area contributed by atoms with E-state index in [4.69, 9.17) is 0 Å². The van der Waals surface area contributed by atoms with Crippen molar-refractivity contribution in [1.29, 1.82) is 0 Å². The molecule has 4 aliphatic carbocycles. The second-order valence-electron chi connectivity index (χ2n) is 13.0. The number of aromatic nitrogens is 2. The average molecular weight is 599 g/mol. The van der Waals surface area contributed by atoms with Gasteiger partial charge in [-0.25, -0.2) is 0 Å². The molecule has 218 valence electrons. The quantitative estimate of drug-likeness (QED) is 0.201. The molecule has 3 heteroatoms. The lowest BCUT2D eigenvalue weighted by atomic mass is 9.86. The Kier molecular flexibility index (Phi) is 5.75. The number of nitrogens with zero attached hydrogens (tertiary/aromatic N) is 2. The van der Waals surface area contributed by atoms with Crippen LogP contribution < -0.4 is 0 Å². The summed E-state index contributed by atoms with van der Waals surface area (Å²) in [5.74, 6) is 0.580. The van der Waals surface area contributed by atoms with Gasteiger partial charge in [-0.1, -0.05) is 78.9 Å². The molecule has 1 aliphatic heterocycles. The van der Waals surface area contributed by atoms with E-state index < -0.39 is 0 Å². The summed E-state index contributed by atoms with van der Waals surface area (Å²) in [7, 11) is 0. The number of thioether (sulfide) groups is 1. The molecule has 45 heavy (non-hydrogen) atoms. The van der Waals surface area contributed by atoms with Gasteiger partial charge < -0.3 is 9.13 Å². The lowest BCUT2D eigenvalue weighted by Crippen LogP contribution is -2.13. The summed E-state index contributed by atoms with van der Waals surface area (Å²) >= 11 is 2.06. The van der Waals surface area contributed by atoms with Crippen LogP contribution in [0.1, 0.15) is 43.4 Å². The lowest BCUT2D eigenvalue weighted by molar-refractivity contribution is 0.731. The third kappa shape index (κ3) is 3.90. The molecule has 3 aromatic carbocycles. The summed E-state index contributed by atoms with van der Waals surface area (Å²) in [5.41, 5.74) is 13.9. The third-order valence-corrected chi connectivity index (χ3v) is 11.9. The molecule has 0 fully saturated rings. The van der Waals surface area contributed by atoms with Crippen LogP contribution in [0.25, 0.3) is 61.3 Å². The zero-order chi connectivity index (χ0) is 29.5. The van der Waals surface area contributed by atoms with E-state index in [1.54, 1.807) is 5.57 Å². The van der Waals surface area contributed by atoms with Gasteiger partial charge in [0.15, 0.2) is 0 Å². The molecule has 2 nitrogen and oxygen atoms in total. The fourth-order valence-corrected chi connectivity index (χ4v) is 9.90. The van der Waals surface area contributed by atoms with Crippen molar-refractivity contribution in [1.82, 2.24) is 9.13 Å². The summed E-state index contributed by atoms with van der Waals surface area (Å²) < 4.78 is 5.10. The Hall–Kier alpha value is -4.47. The highest BCUT2D eigenvalue weighted by Gasteiger charge is 2.35. The molecule has 2 atom stereocenters. The Labute approximate surface area is 268 Å². The lowest BCUT2D eigenvalue weighted by Gasteiger charge is -2.22. The van der Waals surface area contributed by atoms with E-state index in [1.165, 1.54) is 71.4 Å². The second kappa shape index (κ2) is 10.0. The van der Waals surface area contributed by atoms with Gasteiger partial charge in [-0.3, -0.25) is 0 Å². The summed E-state index contributed by atoms with van der Waals surface area (Å²) in [5, 5.41) is 4.60. The van der Waals surface area contributed by atoms with Gasteiger partial charge in [0.2, 0.25) is 0 Å². The molecule has 0 radical (unpaired) electrons. The van der Waals surface area contributed by atoms with Gasteiger partial charge in [0.25, 0.3) is 0 Å². The number of rotatable bonds is 3. The monoisotopic (exact) mass is 598 g/mol. The second-order valence-corrected chi connectivity index (χ2v) is 14.2. The molecule has 10 rings (SSSR count). The molecule has 5 aliphatic rings. The Balaban J connectivity index is 1.11. The number of fused-ring (bicyclic) bond motifs is 8. The van der Waals surface area contributed by atoms with Crippen molar-refractivity contribution in [3.63, 3.8) is 0 Å². The first-order valence-electron chi connectivity index (χ1n) is 16.5. The van der Waals surface area contributed by atoms with E-state index >= 15 is 0 Å². The highest BCUT2D eigenvalue weighted by Crippen LogP contribution is 2.51. The van der Waals surface area contributed by atoms with E-state index in [9.17, 15) is 0 Å². The van der Waals surface area contributed by atoms with Gasteiger partial charge in [-0.2, -0.15) is 0 Å². The molecular weight excluding hydrogens is 565 g/mol. The third-order valence-electron chi connectivity index (χ3n) is 10.5. The van der Waals surface area contributed by atoms with Crippen LogP contribution >= 0.6 is 11.8 Å². The molecule has 5 aromatic rings. The molecule has 0 saturated carbocycles. The van der Waals surface area contributed by atoms with Gasteiger partial charge in [-0.05, 0) is 97.7 Å². The van der Waals surface area contributed by atoms with Crippen LogP contribution in [0.3, 0.4) is 0 Å². The summed E-state index contributed by atoms with van der Waals surface area (Å²) in [6.07, 6.45) is 29.9. The molecule has 0 amide bonds. The van der Waals surface area contributed by atoms with Crippen LogP contribution in [0.2, 0.25) is 0 Å². The zero-order valence-electron chi connectivity index (χ0n) is 25.2. The van der Waals surface area contributed by atoms with E-state index in [0.717, 1.165) is 38.5 Å². The van der Waals surface area contributed by atoms with Gasteiger partial charge in [-0.15, -0.1) is 11.8 Å². The molecule has 3 heterocycles. The van der Waals surface area contributed by atoms with Crippen molar-refractivity contribution >= 4 is 61.9 Å². The van der Waals surface area contributed by atoms with Gasteiger partial charge in [0.05, 0.1) is 16.6 Å². The van der Waals surface area contributed by atoms with Crippen molar-refractivity contribution in [2.24, 2.45) is 5.92 Å². The Morgan fingerprint density at radius 3 is 2.33 bits per heavy atom. The standard InChI is InChI=1S/C42H34N2S/c1-2-10-29(11-3-1)43-37-15-7-4-12-31(37)35-24-27(18-22-39(35)43)28-19-23-40-36(25-28)32-13-5-8-16-38(32)44(40)30-20-21-34-33-14-6-9-17-41(33)45-42(34)26-30/h1-2,4-7,9-10,12-15,17-19,22-26,33,41H,3,8,11,16,20-21H2. The average Bonchev–Trinajstić information content (AvgIpc) is 3.75. The summed E-state index contributed by atoms with van der Waals surface area (Å²) in [4.78, 5) is 1.51. The van der Waals surface area contributed by atoms with Crippen LogP contribution in [0.15, 0.2) is 126 Å². The van der Waals surface area contributed by atoms with Gasteiger partial charge in [0.1, 0.15) is 0 Å². The van der Waals surface area contributed by atoms with Crippen LogP contribution in [0, 0.1) is 5.92 Å². The maximum absolute atomic E-state index is 2.62. The molecule has 2 aromatic heterocycles. The van der Waals surface area contributed by atoms with Crippen LogP contribution in [-0.4, -0.2) is 14.4 Å². The summed E-state index contributed by atoms with van der Waals surface area (Å²) in [6.45, 7) is 0. The predicted octanol–water partition coefficient (Wildman–Crippen LogP) is 11.3. The van der Waals surface area contributed by atoms with Crippen molar-refractivity contribution < 1.29 is 0 Å². The fraction of sp³-hybridized carbons (Fsp3) is 0.190. The smallest absolute Gasteiger partial charge is 0.0538 e. The minimum absolute atomic E-state index is 0.569. The number of hydrogen-bond donors (Lipinski definition) is 0. The topological polar surface area (TPSA) is 9.86 Å². The Morgan fingerprint density at radius 2 is 1.44 bits per heavy atom. The first-order chi connectivity index (χ1) is 22.3. The maximum atomic E-state index is 2.62. The number of benzene rings is 3. The summed E-state index contributed by atoms with van der Waals surface area (Å²) in [6, 6.07) is 23.2. The Morgan fingerprint density at radius 1 is 0.644 bits per heavy atom. The van der Waals surface area contributed by atoms with E-state index in [-0.39, 0.29) is 0 Å². The normalized spacial score (nSPS) is 21.9. The van der Waals surface area contributed by atoms with Gasteiger partial charge >= 0.3 is 0 Å². The van der Waals surface area contributed by atoms with Crippen LogP contribution in [0.5, 0.6) is 0 Å². The number of allylic oxidation sites excluding steroid dienone is 11. The highest BCUT2D eigenvalue weighted by atomic mass is 32.2. The SMILES string of the molecule is C1=CCCC(n2c3ccccc3c3cc(-c4ccc5c(c4)c4c(n5C5=CC6=C(CC5)C5C=CC=CC5S6)CCC=C4)ccc32)=C1. The van der Waals surface area contributed by atoms with Crippen LogP contribution in [-0.2, 0) is 6.42 Å². The van der Waals surface area contributed by atoms with Crippen molar-refractivity contribution in [3.8, 4) is 11.1 Å². The number of hydrogen-bond acceptors (Lipinski definition) is 1. The first kappa shape index (κ1) is 25.8. The largest absolute Gasteiger partial charge is 0.317 e. The zero-order valence-corrected chi connectivity index (χ0v) is 26.1. The fourth-order valence-electron chi connectivity index (χ4n) is 8.45. The highest BCUT2D eigenvalue weighted by molar-refractivity contribution is 8.04. The molecule has 0 bridgehead atoms. The molecule has 2 unspecified atom stereocenters. The Bertz CT molecular complexity index is 2310. The van der Waals surface area contributed by atoms with Crippen molar-refractivity contribution in [2.45, 2.75) is 43.8 Å². The first-order valence-corrected chi connectivity index (χ1v) is 17.4. The number of para-hydroxylation sites is 1. The van der Waals surface area contributed by atoms with Crippen molar-refractivity contribution in [2.75, 3.05) is 0 Å². The van der Waals surface area contributed by atoms with Gasteiger partial charge in [0, 0.05) is 54.9 Å². The molecular formula is C42H34N2S. The molecule has 0 saturated heterocycles. The minimum atomic E-state index is 0.569. The minimum Gasteiger partial charge on any atom is -0.317 e. The maximum Gasteiger partial charge on any atom is 0.0538 e. The van der Waals surface area contributed by atoms with E-state index in [2.05, 4.69) is 142 Å².